The lowest BCUT2D eigenvalue weighted by Gasteiger charge is -2.22. The Balaban J connectivity index is 1.51. The lowest BCUT2D eigenvalue weighted by molar-refractivity contribution is 0.0950. The number of para-hydroxylation sites is 1. The molecule has 3 N–H and O–H groups in total. The number of rotatable bonds is 7. The number of anilines is 3. The number of ether oxygens (including phenoxy) is 1. The molecule has 4 rings (SSSR count). The minimum absolute atomic E-state index is 0.221. The van der Waals surface area contributed by atoms with E-state index in [0.717, 1.165) is 54.2 Å². The Morgan fingerprint density at radius 2 is 1.69 bits per heavy atom. The molecule has 3 amide bonds. The number of hydrogen-bond donors (Lipinski definition) is 3. The van der Waals surface area contributed by atoms with Gasteiger partial charge in [0.15, 0.2) is 0 Å². The smallest absolute Gasteiger partial charge is 0.323 e. The summed E-state index contributed by atoms with van der Waals surface area (Å²) in [6.07, 6.45) is 2.21. The molecule has 0 unspecified atom stereocenters. The second-order valence-corrected chi connectivity index (χ2v) is 8.80. The average molecular weight is 473 g/mol. The minimum atomic E-state index is -0.347. The van der Waals surface area contributed by atoms with Gasteiger partial charge in [-0.15, -0.1) is 0 Å². The molecule has 0 aromatic heterocycles. The second kappa shape index (κ2) is 11.0. The van der Waals surface area contributed by atoms with E-state index in [1.54, 1.807) is 19.2 Å². The topological polar surface area (TPSA) is 82.7 Å². The Morgan fingerprint density at radius 3 is 2.43 bits per heavy atom. The van der Waals surface area contributed by atoms with Crippen LogP contribution in [0.5, 0.6) is 5.75 Å². The normalized spacial score (nSPS) is 12.8. The number of carbonyl (C=O) groups is 2. The van der Waals surface area contributed by atoms with Crippen molar-refractivity contribution in [3.05, 3.63) is 82.9 Å². The first kappa shape index (κ1) is 24.1. The average Bonchev–Trinajstić information content (AvgIpc) is 3.39. The lowest BCUT2D eigenvalue weighted by atomic mass is 10.1. The zero-order valence-electron chi connectivity index (χ0n) is 20.5. The van der Waals surface area contributed by atoms with E-state index in [9.17, 15) is 9.59 Å². The number of methoxy groups -OCH3 is 1. The summed E-state index contributed by atoms with van der Waals surface area (Å²) in [4.78, 5) is 28.0. The fraction of sp³-hybridized carbons (Fsp3) is 0.286. The molecular formula is C28H32N4O3. The maximum Gasteiger partial charge on any atom is 0.323 e. The number of benzene rings is 3. The van der Waals surface area contributed by atoms with Crippen molar-refractivity contribution < 1.29 is 14.3 Å². The molecular weight excluding hydrogens is 440 g/mol. The first-order valence-corrected chi connectivity index (χ1v) is 11.9. The van der Waals surface area contributed by atoms with Gasteiger partial charge in [-0.2, -0.15) is 0 Å². The number of amides is 3. The fourth-order valence-electron chi connectivity index (χ4n) is 4.24. The molecule has 0 saturated carbocycles. The largest absolute Gasteiger partial charge is 0.496 e. The van der Waals surface area contributed by atoms with Crippen LogP contribution in [0.1, 0.15) is 39.9 Å². The van der Waals surface area contributed by atoms with Crippen LogP contribution in [0, 0.1) is 13.8 Å². The van der Waals surface area contributed by atoms with Gasteiger partial charge in [0.25, 0.3) is 5.91 Å². The quantitative estimate of drug-likeness (QED) is 0.425. The van der Waals surface area contributed by atoms with Crippen molar-refractivity contribution in [1.29, 1.82) is 0 Å². The summed E-state index contributed by atoms with van der Waals surface area (Å²) in [6, 6.07) is 18.5. The standard InChI is InChI=1S/C28H32N4O3/c1-19-10-12-23(16-20(19)2)30-28(34)31-24-17-21(11-13-25(24)32-14-6-7-15-32)27(33)29-18-22-8-4-5-9-26(22)35-3/h4-5,8-13,16-17H,6-7,14-15,18H2,1-3H3,(H,29,33)(H2,30,31,34). The molecule has 3 aromatic carbocycles. The monoisotopic (exact) mass is 472 g/mol. The number of aryl methyl sites for hydroxylation is 2. The summed E-state index contributed by atoms with van der Waals surface area (Å²) < 4.78 is 5.37. The van der Waals surface area contributed by atoms with Crippen LogP contribution in [0.25, 0.3) is 0 Å². The summed E-state index contributed by atoms with van der Waals surface area (Å²) in [6.45, 7) is 6.23. The third kappa shape index (κ3) is 5.93. The highest BCUT2D eigenvalue weighted by Crippen LogP contribution is 2.30. The van der Waals surface area contributed by atoms with Crippen molar-refractivity contribution in [3.63, 3.8) is 0 Å². The third-order valence-electron chi connectivity index (χ3n) is 6.35. The van der Waals surface area contributed by atoms with Crippen LogP contribution in [0.2, 0.25) is 0 Å². The van der Waals surface area contributed by atoms with Crippen LogP contribution < -0.4 is 25.6 Å². The highest BCUT2D eigenvalue weighted by atomic mass is 16.5. The van der Waals surface area contributed by atoms with E-state index < -0.39 is 0 Å². The highest BCUT2D eigenvalue weighted by molar-refractivity contribution is 6.04. The summed E-state index contributed by atoms with van der Waals surface area (Å²) in [5.41, 5.74) is 5.89. The summed E-state index contributed by atoms with van der Waals surface area (Å²) in [5, 5.41) is 8.82. The van der Waals surface area contributed by atoms with Crippen LogP contribution in [-0.4, -0.2) is 32.1 Å². The van der Waals surface area contributed by atoms with Crippen LogP contribution >= 0.6 is 0 Å². The van der Waals surface area contributed by atoms with Crippen LogP contribution in [-0.2, 0) is 6.54 Å². The number of hydrogen-bond acceptors (Lipinski definition) is 4. The van der Waals surface area contributed by atoms with E-state index in [4.69, 9.17) is 4.74 Å². The molecule has 1 saturated heterocycles. The summed E-state index contributed by atoms with van der Waals surface area (Å²) >= 11 is 0. The van der Waals surface area contributed by atoms with E-state index in [1.165, 1.54) is 5.56 Å². The Labute approximate surface area is 206 Å². The zero-order valence-corrected chi connectivity index (χ0v) is 20.5. The fourth-order valence-corrected chi connectivity index (χ4v) is 4.24. The zero-order chi connectivity index (χ0) is 24.8. The Morgan fingerprint density at radius 1 is 0.914 bits per heavy atom. The van der Waals surface area contributed by atoms with Crippen molar-refractivity contribution in [2.75, 3.05) is 35.7 Å². The molecule has 0 atom stereocenters. The summed E-state index contributed by atoms with van der Waals surface area (Å²) in [5.74, 6) is 0.504. The van der Waals surface area contributed by atoms with Gasteiger partial charge < -0.3 is 25.6 Å². The Hall–Kier alpha value is -4.00. The maximum absolute atomic E-state index is 13.0. The van der Waals surface area contributed by atoms with E-state index in [0.29, 0.717) is 17.8 Å². The van der Waals surface area contributed by atoms with Gasteiger partial charge in [-0.25, -0.2) is 4.79 Å². The van der Waals surface area contributed by atoms with E-state index >= 15 is 0 Å². The first-order chi connectivity index (χ1) is 16.9. The molecule has 1 fully saturated rings. The number of urea groups is 1. The minimum Gasteiger partial charge on any atom is -0.496 e. The molecule has 182 valence electrons. The molecule has 0 radical (unpaired) electrons. The SMILES string of the molecule is COc1ccccc1CNC(=O)c1ccc(N2CCCC2)c(NC(=O)Nc2ccc(C)c(C)c2)c1. The molecule has 7 nitrogen and oxygen atoms in total. The van der Waals surface area contributed by atoms with Gasteiger partial charge >= 0.3 is 6.03 Å². The predicted molar refractivity (Wildman–Crippen MR) is 141 cm³/mol. The van der Waals surface area contributed by atoms with Gasteiger partial charge in [0, 0.05) is 36.4 Å². The molecule has 35 heavy (non-hydrogen) atoms. The molecule has 0 spiro atoms. The predicted octanol–water partition coefficient (Wildman–Crippen LogP) is 5.49. The lowest BCUT2D eigenvalue weighted by Crippen LogP contribution is -2.26. The number of nitrogens with one attached hydrogen (secondary N) is 3. The van der Waals surface area contributed by atoms with Crippen molar-refractivity contribution in [2.24, 2.45) is 0 Å². The number of nitrogens with zero attached hydrogens (tertiary/aromatic N) is 1. The van der Waals surface area contributed by atoms with Crippen molar-refractivity contribution in [1.82, 2.24) is 5.32 Å². The second-order valence-electron chi connectivity index (χ2n) is 8.80. The molecule has 3 aromatic rings. The van der Waals surface area contributed by atoms with E-state index in [2.05, 4.69) is 20.9 Å². The molecule has 1 aliphatic rings. The Kier molecular flexibility index (Phi) is 7.55. The molecule has 1 heterocycles. The molecule has 0 bridgehead atoms. The first-order valence-electron chi connectivity index (χ1n) is 11.9. The van der Waals surface area contributed by atoms with Crippen LogP contribution in [0.3, 0.4) is 0 Å². The van der Waals surface area contributed by atoms with Crippen LogP contribution in [0.4, 0.5) is 21.9 Å². The Bertz CT molecular complexity index is 1220. The van der Waals surface area contributed by atoms with Gasteiger partial charge in [-0.1, -0.05) is 24.3 Å². The van der Waals surface area contributed by atoms with Crippen molar-refractivity contribution in [3.8, 4) is 5.75 Å². The van der Waals surface area contributed by atoms with Gasteiger partial charge in [-0.05, 0) is 74.2 Å². The van der Waals surface area contributed by atoms with Gasteiger partial charge in [-0.3, -0.25) is 4.79 Å². The molecule has 7 heteroatoms. The van der Waals surface area contributed by atoms with Gasteiger partial charge in [0.05, 0.1) is 18.5 Å². The maximum atomic E-state index is 13.0. The van der Waals surface area contributed by atoms with E-state index in [-0.39, 0.29) is 11.9 Å². The third-order valence-corrected chi connectivity index (χ3v) is 6.35. The van der Waals surface area contributed by atoms with Gasteiger partial charge in [0.1, 0.15) is 5.75 Å². The summed E-state index contributed by atoms with van der Waals surface area (Å²) in [7, 11) is 1.61. The van der Waals surface area contributed by atoms with Gasteiger partial charge in [0.2, 0.25) is 0 Å². The molecule has 1 aliphatic heterocycles. The van der Waals surface area contributed by atoms with E-state index in [1.807, 2.05) is 62.4 Å². The van der Waals surface area contributed by atoms with Crippen LogP contribution in [0.15, 0.2) is 60.7 Å². The van der Waals surface area contributed by atoms with Crippen molar-refractivity contribution in [2.45, 2.75) is 33.2 Å². The van der Waals surface area contributed by atoms with Crippen molar-refractivity contribution >= 4 is 29.0 Å². The molecule has 0 aliphatic carbocycles. The highest BCUT2D eigenvalue weighted by Gasteiger charge is 2.19. The number of carbonyl (C=O) groups excluding carboxylic acids is 2.